The van der Waals surface area contributed by atoms with E-state index >= 15 is 0 Å². The van der Waals surface area contributed by atoms with Gasteiger partial charge in [0.05, 0.1) is 24.5 Å². The third-order valence-corrected chi connectivity index (χ3v) is 13.6. The molecule has 7 heteroatoms. The van der Waals surface area contributed by atoms with E-state index in [1.54, 1.807) is 0 Å². The molecule has 5 nitrogen and oxygen atoms in total. The summed E-state index contributed by atoms with van der Waals surface area (Å²) in [5.74, 6) is 0.484. The lowest BCUT2D eigenvalue weighted by atomic mass is 10.0. The Morgan fingerprint density at radius 3 is 1.88 bits per heavy atom. The summed E-state index contributed by atoms with van der Waals surface area (Å²) in [7, 11) is -2.16. The van der Waals surface area contributed by atoms with Gasteiger partial charge in [-0.25, -0.2) is 8.93 Å². The number of benzene rings is 2. The Balaban J connectivity index is 2.29. The molecule has 0 heterocycles. The van der Waals surface area contributed by atoms with Crippen molar-refractivity contribution in [1.82, 2.24) is 4.72 Å². The number of carbonyl (C=O) groups is 1. The largest absolute Gasteiger partial charge is 0.543 e. The van der Waals surface area contributed by atoms with Crippen LogP contribution < -0.4 is 9.15 Å². The van der Waals surface area contributed by atoms with Crippen LogP contribution in [-0.4, -0.2) is 25.6 Å². The van der Waals surface area contributed by atoms with E-state index in [9.17, 15) is 9.00 Å². The lowest BCUT2D eigenvalue weighted by molar-refractivity contribution is -0.141. The van der Waals surface area contributed by atoms with Gasteiger partial charge < -0.3 is 9.16 Å². The summed E-state index contributed by atoms with van der Waals surface area (Å²) in [5, 5.41) is 0. The Hall–Kier alpha value is -1.96. The molecule has 0 bridgehead atoms. The highest BCUT2D eigenvalue weighted by Crippen LogP contribution is 2.42. The number of carbonyl (C=O) groups excluding carboxylic acids is 1. The summed E-state index contributed by atoms with van der Waals surface area (Å²) in [6.45, 7) is 15.6. The summed E-state index contributed by atoms with van der Waals surface area (Å²) in [6, 6.07) is 14.9. The zero-order valence-electron chi connectivity index (χ0n) is 21.2. The highest BCUT2D eigenvalue weighted by atomic mass is 32.2. The Bertz CT molecular complexity index is 905. The molecule has 0 saturated heterocycles. The zero-order valence-corrected chi connectivity index (χ0v) is 23.0. The predicted molar refractivity (Wildman–Crippen MR) is 138 cm³/mol. The first kappa shape index (κ1) is 27.3. The summed E-state index contributed by atoms with van der Waals surface area (Å²) < 4.78 is 27.6. The first-order valence-electron chi connectivity index (χ1n) is 11.6. The number of nitrogens with one attached hydrogen (secondary N) is 1. The summed E-state index contributed by atoms with van der Waals surface area (Å²) >= 11 is 0. The van der Waals surface area contributed by atoms with Crippen LogP contribution >= 0.6 is 0 Å². The van der Waals surface area contributed by atoms with E-state index in [-0.39, 0.29) is 12.4 Å². The molecule has 33 heavy (non-hydrogen) atoms. The number of aryl methyl sites for hydroxylation is 1. The van der Waals surface area contributed by atoms with E-state index in [4.69, 9.17) is 9.16 Å². The van der Waals surface area contributed by atoms with Crippen molar-refractivity contribution >= 4 is 25.3 Å². The second kappa shape index (κ2) is 11.9. The second-order valence-corrected chi connectivity index (χ2v) is 16.1. The fraction of sp³-hybridized carbons (Fsp3) is 0.500. The molecule has 2 aromatic rings. The van der Waals surface area contributed by atoms with Crippen LogP contribution in [0.5, 0.6) is 5.75 Å². The third-order valence-electron chi connectivity index (χ3n) is 6.37. The molecule has 0 aliphatic carbocycles. The predicted octanol–water partition coefficient (Wildman–Crippen LogP) is 6.47. The van der Waals surface area contributed by atoms with Gasteiger partial charge in [0.2, 0.25) is 0 Å². The number of hydrogen-bond acceptors (Lipinski definition) is 4. The lowest BCUT2D eigenvalue weighted by Crippen LogP contribution is -2.50. The molecule has 2 rings (SSSR count). The SMILES string of the molecule is COC(=O)C[C@@H](NS(=O)c1ccc(C)cc1)c1ccc(O[Si](C(C)C)(C(C)C)C(C)C)cc1. The van der Waals surface area contributed by atoms with E-state index < -0.39 is 25.3 Å². The van der Waals surface area contributed by atoms with Crippen molar-refractivity contribution in [3.8, 4) is 5.75 Å². The van der Waals surface area contributed by atoms with E-state index in [0.29, 0.717) is 21.5 Å². The van der Waals surface area contributed by atoms with Gasteiger partial charge in [-0.15, -0.1) is 0 Å². The van der Waals surface area contributed by atoms with Crippen molar-refractivity contribution < 1.29 is 18.2 Å². The van der Waals surface area contributed by atoms with Gasteiger partial charge in [0.25, 0.3) is 8.32 Å². The molecule has 0 fully saturated rings. The van der Waals surface area contributed by atoms with Crippen LogP contribution in [0.1, 0.15) is 65.1 Å². The molecular weight excluding hydrogens is 450 g/mol. The van der Waals surface area contributed by atoms with Crippen molar-refractivity contribution in [2.75, 3.05) is 7.11 Å². The van der Waals surface area contributed by atoms with Crippen LogP contribution in [0.15, 0.2) is 53.4 Å². The van der Waals surface area contributed by atoms with Crippen molar-refractivity contribution in [3.63, 3.8) is 0 Å². The number of hydrogen-bond donors (Lipinski definition) is 1. The van der Waals surface area contributed by atoms with Crippen LogP contribution in [0.25, 0.3) is 0 Å². The molecule has 0 saturated carbocycles. The fourth-order valence-electron chi connectivity index (χ4n) is 4.66. The molecule has 0 amide bonds. The van der Waals surface area contributed by atoms with Crippen LogP contribution in [0.4, 0.5) is 0 Å². The van der Waals surface area contributed by atoms with Crippen molar-refractivity contribution in [1.29, 1.82) is 0 Å². The van der Waals surface area contributed by atoms with Gasteiger partial charge in [-0.1, -0.05) is 71.4 Å². The molecule has 0 radical (unpaired) electrons. The molecule has 0 aliphatic heterocycles. The first-order valence-corrected chi connectivity index (χ1v) is 14.9. The van der Waals surface area contributed by atoms with E-state index in [2.05, 4.69) is 46.3 Å². The maximum absolute atomic E-state index is 12.9. The minimum atomic E-state index is -2.06. The molecule has 0 aliphatic rings. The van der Waals surface area contributed by atoms with Crippen molar-refractivity contribution in [2.45, 2.75) is 82.4 Å². The number of methoxy groups -OCH3 is 1. The van der Waals surface area contributed by atoms with Crippen LogP contribution in [0.3, 0.4) is 0 Å². The number of ether oxygens (including phenoxy) is 1. The van der Waals surface area contributed by atoms with Crippen molar-refractivity contribution in [3.05, 3.63) is 59.7 Å². The molecular formula is C26H39NO4SSi. The van der Waals surface area contributed by atoms with Crippen molar-refractivity contribution in [2.24, 2.45) is 0 Å². The highest BCUT2D eigenvalue weighted by molar-refractivity contribution is 7.83. The van der Waals surface area contributed by atoms with Gasteiger partial charge >= 0.3 is 5.97 Å². The van der Waals surface area contributed by atoms with Gasteiger partial charge in [-0.3, -0.25) is 4.79 Å². The number of rotatable bonds is 11. The lowest BCUT2D eigenvalue weighted by Gasteiger charge is -2.42. The summed E-state index contributed by atoms with van der Waals surface area (Å²) in [5.41, 5.74) is 3.38. The van der Waals surface area contributed by atoms with E-state index in [1.165, 1.54) is 7.11 Å². The summed E-state index contributed by atoms with van der Waals surface area (Å²) in [4.78, 5) is 12.7. The molecule has 2 atom stereocenters. The van der Waals surface area contributed by atoms with Crippen LogP contribution in [0.2, 0.25) is 16.6 Å². The minimum absolute atomic E-state index is 0.0803. The quantitative estimate of drug-likeness (QED) is 0.290. The van der Waals surface area contributed by atoms with E-state index in [1.807, 2.05) is 55.5 Å². The van der Waals surface area contributed by atoms with Gasteiger partial charge in [-0.05, 0) is 53.4 Å². The third kappa shape index (κ3) is 6.77. The zero-order chi connectivity index (χ0) is 24.8. The molecule has 1 unspecified atom stereocenters. The maximum Gasteiger partial charge on any atom is 0.307 e. The van der Waals surface area contributed by atoms with Gasteiger partial charge in [-0.2, -0.15) is 0 Å². The normalized spacial score (nSPS) is 13.9. The smallest absolute Gasteiger partial charge is 0.307 e. The Labute approximate surface area is 203 Å². The Morgan fingerprint density at radius 2 is 1.42 bits per heavy atom. The Kier molecular flexibility index (Phi) is 9.88. The highest BCUT2D eigenvalue weighted by Gasteiger charge is 2.47. The second-order valence-electron chi connectivity index (χ2n) is 9.52. The average Bonchev–Trinajstić information content (AvgIpc) is 2.76. The molecule has 2 aromatic carbocycles. The average molecular weight is 490 g/mol. The summed E-state index contributed by atoms with van der Waals surface area (Å²) in [6.07, 6.45) is 0.0803. The molecule has 1 N–H and O–H groups in total. The fourth-order valence-corrected chi connectivity index (χ4v) is 10.9. The minimum Gasteiger partial charge on any atom is -0.543 e. The number of esters is 1. The topological polar surface area (TPSA) is 64.6 Å². The van der Waals surface area contributed by atoms with Crippen LogP contribution in [-0.2, 0) is 20.5 Å². The van der Waals surface area contributed by atoms with Gasteiger partial charge in [0.1, 0.15) is 16.7 Å². The maximum atomic E-state index is 12.9. The monoisotopic (exact) mass is 489 g/mol. The van der Waals surface area contributed by atoms with Crippen LogP contribution in [0, 0.1) is 6.92 Å². The standard InChI is InChI=1S/C26H39NO4SSi/c1-18(2)33(19(3)4,20(5)6)31-23-13-11-22(12-14-23)25(17-26(28)30-8)27-32(29)24-15-9-21(7)10-16-24/h9-16,18-20,25,27H,17H2,1-8H3/t25-,32?/m1/s1. The first-order chi connectivity index (χ1) is 15.5. The van der Waals surface area contributed by atoms with E-state index in [0.717, 1.165) is 16.9 Å². The van der Waals surface area contributed by atoms with Gasteiger partial charge in [0, 0.05) is 0 Å². The molecule has 0 spiro atoms. The Morgan fingerprint density at radius 1 is 0.909 bits per heavy atom. The molecule has 182 valence electrons. The molecule has 0 aromatic heterocycles. The van der Waals surface area contributed by atoms with Gasteiger partial charge in [0.15, 0.2) is 0 Å².